The van der Waals surface area contributed by atoms with E-state index >= 15 is 0 Å². The molecule has 0 saturated carbocycles. The van der Waals surface area contributed by atoms with Crippen molar-refractivity contribution in [1.82, 2.24) is 0 Å². The predicted octanol–water partition coefficient (Wildman–Crippen LogP) is 2.85. The lowest BCUT2D eigenvalue weighted by Gasteiger charge is -2.22. The molecule has 0 aromatic heterocycles. The molecule has 1 heterocycles. The van der Waals surface area contributed by atoms with Crippen LogP contribution in [0, 0.1) is 11.7 Å². The second-order valence-electron chi connectivity index (χ2n) is 4.42. The zero-order valence-electron chi connectivity index (χ0n) is 10.1. The van der Waals surface area contributed by atoms with E-state index in [0.29, 0.717) is 23.5 Å². The number of nitrogens with two attached hydrogens (primary N) is 1. The summed E-state index contributed by atoms with van der Waals surface area (Å²) >= 11 is 3.20. The maximum absolute atomic E-state index is 14.0. The van der Waals surface area contributed by atoms with Gasteiger partial charge in [0.25, 0.3) is 0 Å². The third-order valence-electron chi connectivity index (χ3n) is 3.16. The van der Waals surface area contributed by atoms with Gasteiger partial charge in [-0.1, -0.05) is 6.07 Å². The highest BCUT2D eigenvalue weighted by Gasteiger charge is 2.17. The maximum Gasteiger partial charge on any atom is 0.179 e. The van der Waals surface area contributed by atoms with Crippen molar-refractivity contribution < 1.29 is 13.9 Å². The monoisotopic (exact) mass is 317 g/mol. The van der Waals surface area contributed by atoms with E-state index in [1.807, 2.05) is 0 Å². The molecule has 18 heavy (non-hydrogen) atoms. The molecule has 1 fully saturated rings. The van der Waals surface area contributed by atoms with Crippen molar-refractivity contribution in [2.24, 2.45) is 11.7 Å². The molecule has 5 heteroatoms. The molecule has 0 bridgehead atoms. The standard InChI is InChI=1S/C13H17BrFNO2/c14-12-10(7-16)1-2-11(13(12)15)18-8-9-3-5-17-6-4-9/h1-2,9H,3-8,16H2. The highest BCUT2D eigenvalue weighted by atomic mass is 79.9. The Hall–Kier alpha value is -0.650. The van der Waals surface area contributed by atoms with Crippen LogP contribution < -0.4 is 10.5 Å². The second kappa shape index (κ2) is 6.50. The number of rotatable bonds is 4. The minimum atomic E-state index is -0.370. The lowest BCUT2D eigenvalue weighted by Crippen LogP contribution is -2.21. The molecular formula is C13H17BrFNO2. The fraction of sp³-hybridized carbons (Fsp3) is 0.538. The molecule has 1 aromatic rings. The van der Waals surface area contributed by atoms with Gasteiger partial charge in [-0.3, -0.25) is 0 Å². The predicted molar refractivity (Wildman–Crippen MR) is 71.0 cm³/mol. The van der Waals surface area contributed by atoms with Crippen LogP contribution in [0.15, 0.2) is 16.6 Å². The Morgan fingerprint density at radius 2 is 2.11 bits per heavy atom. The highest BCUT2D eigenvalue weighted by molar-refractivity contribution is 9.10. The molecule has 0 spiro atoms. The van der Waals surface area contributed by atoms with Crippen LogP contribution in [0.25, 0.3) is 0 Å². The van der Waals surface area contributed by atoms with E-state index in [1.165, 1.54) is 0 Å². The molecule has 2 rings (SSSR count). The highest BCUT2D eigenvalue weighted by Crippen LogP contribution is 2.29. The normalized spacial score (nSPS) is 16.8. The number of halogens is 2. The second-order valence-corrected chi connectivity index (χ2v) is 5.21. The first-order valence-electron chi connectivity index (χ1n) is 6.10. The Morgan fingerprint density at radius 3 is 2.78 bits per heavy atom. The smallest absolute Gasteiger partial charge is 0.179 e. The van der Waals surface area contributed by atoms with E-state index in [2.05, 4.69) is 15.9 Å². The Labute approximate surface area is 115 Å². The zero-order valence-corrected chi connectivity index (χ0v) is 11.7. The van der Waals surface area contributed by atoms with Gasteiger partial charge in [0.1, 0.15) is 0 Å². The van der Waals surface area contributed by atoms with Crippen LogP contribution in [-0.4, -0.2) is 19.8 Å². The molecule has 1 aromatic carbocycles. The van der Waals surface area contributed by atoms with Crippen LogP contribution >= 0.6 is 15.9 Å². The topological polar surface area (TPSA) is 44.5 Å². The summed E-state index contributed by atoms with van der Waals surface area (Å²) < 4.78 is 25.2. The molecule has 3 nitrogen and oxygen atoms in total. The first-order chi connectivity index (χ1) is 8.72. The van der Waals surface area contributed by atoms with Crippen LogP contribution in [0.5, 0.6) is 5.75 Å². The van der Waals surface area contributed by atoms with E-state index < -0.39 is 0 Å². The van der Waals surface area contributed by atoms with E-state index in [9.17, 15) is 4.39 Å². The number of benzene rings is 1. The molecule has 100 valence electrons. The van der Waals surface area contributed by atoms with Crippen molar-refractivity contribution in [3.8, 4) is 5.75 Å². The molecule has 1 aliphatic heterocycles. The lowest BCUT2D eigenvalue weighted by molar-refractivity contribution is 0.0491. The number of hydrogen-bond acceptors (Lipinski definition) is 3. The van der Waals surface area contributed by atoms with Gasteiger partial charge in [-0.15, -0.1) is 0 Å². The Morgan fingerprint density at radius 1 is 1.39 bits per heavy atom. The lowest BCUT2D eigenvalue weighted by atomic mass is 10.0. The van der Waals surface area contributed by atoms with Gasteiger partial charge >= 0.3 is 0 Å². The first kappa shape index (κ1) is 13.8. The van der Waals surface area contributed by atoms with Crippen LogP contribution in [-0.2, 0) is 11.3 Å². The van der Waals surface area contributed by atoms with Crippen LogP contribution in [0.1, 0.15) is 18.4 Å². The minimum Gasteiger partial charge on any atom is -0.490 e. The fourth-order valence-corrected chi connectivity index (χ4v) is 2.45. The van der Waals surface area contributed by atoms with Crippen molar-refractivity contribution in [2.75, 3.05) is 19.8 Å². The Balaban J connectivity index is 1.98. The van der Waals surface area contributed by atoms with Crippen molar-refractivity contribution >= 4 is 15.9 Å². The van der Waals surface area contributed by atoms with Gasteiger partial charge in [-0.2, -0.15) is 0 Å². The molecule has 2 N–H and O–H groups in total. The Kier molecular flexibility index (Phi) is 4.97. The zero-order chi connectivity index (χ0) is 13.0. The molecule has 0 radical (unpaired) electrons. The summed E-state index contributed by atoms with van der Waals surface area (Å²) in [6.45, 7) is 2.38. The van der Waals surface area contributed by atoms with Crippen LogP contribution in [0.2, 0.25) is 0 Å². The summed E-state index contributed by atoms with van der Waals surface area (Å²) in [4.78, 5) is 0. The van der Waals surface area contributed by atoms with Crippen molar-refractivity contribution in [3.63, 3.8) is 0 Å². The van der Waals surface area contributed by atoms with Crippen LogP contribution in [0.4, 0.5) is 4.39 Å². The first-order valence-corrected chi connectivity index (χ1v) is 6.89. The molecule has 0 atom stereocenters. The average molecular weight is 318 g/mol. The van der Waals surface area contributed by atoms with E-state index in [-0.39, 0.29) is 11.6 Å². The summed E-state index contributed by atoms with van der Waals surface area (Å²) in [5.41, 5.74) is 6.25. The van der Waals surface area contributed by atoms with Crippen molar-refractivity contribution in [3.05, 3.63) is 28.0 Å². The van der Waals surface area contributed by atoms with E-state index in [4.69, 9.17) is 15.2 Å². The van der Waals surface area contributed by atoms with Gasteiger partial charge in [-0.05, 0) is 46.3 Å². The van der Waals surface area contributed by atoms with Gasteiger partial charge < -0.3 is 15.2 Å². The van der Waals surface area contributed by atoms with Crippen molar-refractivity contribution in [2.45, 2.75) is 19.4 Å². The summed E-state index contributed by atoms with van der Waals surface area (Å²) in [5.74, 6) is 0.363. The largest absolute Gasteiger partial charge is 0.490 e. The maximum atomic E-state index is 14.0. The van der Waals surface area contributed by atoms with E-state index in [1.54, 1.807) is 12.1 Å². The Bertz CT molecular complexity index is 408. The van der Waals surface area contributed by atoms with Gasteiger partial charge in [0, 0.05) is 19.8 Å². The quantitative estimate of drug-likeness (QED) is 0.928. The molecular weight excluding hydrogens is 301 g/mol. The third-order valence-corrected chi connectivity index (χ3v) is 4.02. The van der Waals surface area contributed by atoms with Gasteiger partial charge in [-0.25, -0.2) is 4.39 Å². The summed E-state index contributed by atoms with van der Waals surface area (Å²) in [5, 5.41) is 0. The molecule has 0 aliphatic carbocycles. The number of ether oxygens (including phenoxy) is 2. The van der Waals surface area contributed by atoms with Crippen LogP contribution in [0.3, 0.4) is 0 Å². The van der Waals surface area contributed by atoms with Gasteiger partial charge in [0.05, 0.1) is 11.1 Å². The van der Waals surface area contributed by atoms with Gasteiger partial charge in [0.2, 0.25) is 0 Å². The SMILES string of the molecule is NCc1ccc(OCC2CCOCC2)c(F)c1Br. The summed E-state index contributed by atoms with van der Waals surface area (Å²) in [7, 11) is 0. The molecule has 0 unspecified atom stereocenters. The number of hydrogen-bond donors (Lipinski definition) is 1. The van der Waals surface area contributed by atoms with Gasteiger partial charge in [0.15, 0.2) is 11.6 Å². The third kappa shape index (κ3) is 3.22. The molecule has 0 amide bonds. The summed E-state index contributed by atoms with van der Waals surface area (Å²) in [6, 6.07) is 3.42. The summed E-state index contributed by atoms with van der Waals surface area (Å²) in [6.07, 6.45) is 1.95. The van der Waals surface area contributed by atoms with E-state index in [0.717, 1.165) is 31.6 Å². The molecule has 1 saturated heterocycles. The van der Waals surface area contributed by atoms with Crippen molar-refractivity contribution in [1.29, 1.82) is 0 Å². The fourth-order valence-electron chi connectivity index (χ4n) is 1.96. The minimum absolute atomic E-state index is 0.283. The average Bonchev–Trinajstić information content (AvgIpc) is 2.42. The molecule has 1 aliphatic rings.